The van der Waals surface area contributed by atoms with Gasteiger partial charge in [-0.1, -0.05) is 0 Å². The lowest BCUT2D eigenvalue weighted by molar-refractivity contribution is -0.384. The Morgan fingerprint density at radius 2 is 2.06 bits per heavy atom. The van der Waals surface area contributed by atoms with E-state index in [2.05, 4.69) is 11.8 Å². The van der Waals surface area contributed by atoms with Gasteiger partial charge in [0.15, 0.2) is 0 Å². The second-order valence-electron chi connectivity index (χ2n) is 4.22. The van der Waals surface area contributed by atoms with E-state index in [9.17, 15) is 10.1 Å². The number of nitrogens with zero attached hydrogens (tertiary/aromatic N) is 2. The zero-order valence-corrected chi connectivity index (χ0v) is 10.7. The van der Waals surface area contributed by atoms with Crippen molar-refractivity contribution in [2.24, 2.45) is 0 Å². The largest absolute Gasteiger partial charge is 0.368 e. The third-order valence-corrected chi connectivity index (χ3v) is 4.08. The molecular weight excluding hydrogens is 236 g/mol. The van der Waals surface area contributed by atoms with Gasteiger partial charge in [-0.05, 0) is 31.2 Å². The van der Waals surface area contributed by atoms with Gasteiger partial charge in [-0.25, -0.2) is 0 Å². The quantitative estimate of drug-likeness (QED) is 0.599. The molecule has 0 bridgehead atoms. The van der Waals surface area contributed by atoms with Crippen LogP contribution in [0, 0.1) is 10.1 Å². The summed E-state index contributed by atoms with van der Waals surface area (Å²) in [5.74, 6) is 2.33. The van der Waals surface area contributed by atoms with Crippen molar-refractivity contribution in [2.75, 3.05) is 23.0 Å². The zero-order valence-electron chi connectivity index (χ0n) is 9.83. The highest BCUT2D eigenvalue weighted by Crippen LogP contribution is 2.25. The van der Waals surface area contributed by atoms with Gasteiger partial charge in [0.25, 0.3) is 5.69 Å². The fraction of sp³-hybridized carbons (Fsp3) is 0.500. The van der Waals surface area contributed by atoms with Crippen LogP contribution >= 0.6 is 11.8 Å². The lowest BCUT2D eigenvalue weighted by Gasteiger charge is -2.29. The van der Waals surface area contributed by atoms with E-state index in [-0.39, 0.29) is 10.6 Å². The van der Waals surface area contributed by atoms with Gasteiger partial charge >= 0.3 is 0 Å². The van der Waals surface area contributed by atoms with Crippen molar-refractivity contribution in [3.05, 3.63) is 34.4 Å². The van der Waals surface area contributed by atoms with Gasteiger partial charge in [0.05, 0.1) is 4.92 Å². The number of anilines is 1. The van der Waals surface area contributed by atoms with Gasteiger partial charge < -0.3 is 4.90 Å². The van der Waals surface area contributed by atoms with E-state index in [4.69, 9.17) is 0 Å². The van der Waals surface area contributed by atoms with E-state index < -0.39 is 0 Å². The number of hydrogen-bond donors (Lipinski definition) is 0. The first-order valence-electron chi connectivity index (χ1n) is 5.77. The van der Waals surface area contributed by atoms with Crippen molar-refractivity contribution < 1.29 is 4.92 Å². The molecule has 0 radical (unpaired) electrons. The molecular formula is C12H16N2O2S. The normalized spacial score (nSPS) is 21.0. The molecule has 1 saturated heterocycles. The third-order valence-electron chi connectivity index (χ3n) is 3.08. The highest BCUT2D eigenvalue weighted by Gasteiger charge is 2.18. The molecule has 0 spiro atoms. The predicted molar refractivity (Wildman–Crippen MR) is 71.8 cm³/mol. The van der Waals surface area contributed by atoms with Crippen molar-refractivity contribution in [1.82, 2.24) is 0 Å². The Bertz CT molecular complexity index is 394. The minimum atomic E-state index is -0.356. The number of thioether (sulfide) groups is 1. The molecule has 4 nitrogen and oxygen atoms in total. The summed E-state index contributed by atoms with van der Waals surface area (Å²) in [6, 6.07) is 7.38. The third kappa shape index (κ3) is 2.91. The minimum absolute atomic E-state index is 0.158. The molecule has 5 heteroatoms. The summed E-state index contributed by atoms with van der Waals surface area (Å²) in [4.78, 5) is 12.6. The molecule has 1 aliphatic heterocycles. The van der Waals surface area contributed by atoms with Crippen LogP contribution in [-0.2, 0) is 0 Å². The molecule has 2 rings (SSSR count). The fourth-order valence-corrected chi connectivity index (χ4v) is 3.08. The number of rotatable bonds is 2. The average Bonchev–Trinajstić information content (AvgIpc) is 2.54. The summed E-state index contributed by atoms with van der Waals surface area (Å²) in [7, 11) is 0. The van der Waals surface area contributed by atoms with Crippen LogP contribution in [0.25, 0.3) is 0 Å². The molecule has 1 fully saturated rings. The summed E-state index contributed by atoms with van der Waals surface area (Å²) < 4.78 is 0. The van der Waals surface area contributed by atoms with Gasteiger partial charge in [0, 0.05) is 36.2 Å². The van der Waals surface area contributed by atoms with Crippen LogP contribution < -0.4 is 4.90 Å². The van der Waals surface area contributed by atoms with E-state index in [0.717, 1.165) is 18.0 Å². The molecule has 1 aromatic carbocycles. The molecule has 0 aliphatic carbocycles. The summed E-state index contributed by atoms with van der Waals surface area (Å²) in [5, 5.41) is 10.6. The molecule has 0 N–H and O–H groups in total. The number of nitro groups is 1. The lowest BCUT2D eigenvalue weighted by atomic mass is 10.2. The standard InChI is InChI=1S/C12H16N2O2S/c1-10-6-8-17-9-7-13(10)11-2-4-12(5-3-11)14(15)16/h2-5,10H,6-9H2,1H3. The van der Waals surface area contributed by atoms with Crippen LogP contribution in [-0.4, -0.2) is 29.0 Å². The summed E-state index contributed by atoms with van der Waals surface area (Å²) in [6.07, 6.45) is 1.17. The Morgan fingerprint density at radius 3 is 2.71 bits per heavy atom. The molecule has 17 heavy (non-hydrogen) atoms. The van der Waals surface area contributed by atoms with Crippen molar-refractivity contribution in [3.63, 3.8) is 0 Å². The first-order chi connectivity index (χ1) is 8.18. The molecule has 1 unspecified atom stereocenters. The van der Waals surface area contributed by atoms with Crippen molar-refractivity contribution in [3.8, 4) is 0 Å². The number of non-ortho nitro benzene ring substituents is 1. The summed E-state index contributed by atoms with van der Waals surface area (Å²) in [6.45, 7) is 3.23. The Morgan fingerprint density at radius 1 is 1.35 bits per heavy atom. The summed E-state index contributed by atoms with van der Waals surface area (Å²) >= 11 is 1.98. The van der Waals surface area contributed by atoms with E-state index in [1.165, 1.54) is 12.2 Å². The minimum Gasteiger partial charge on any atom is -0.368 e. The molecule has 92 valence electrons. The van der Waals surface area contributed by atoms with Gasteiger partial charge in [-0.3, -0.25) is 10.1 Å². The van der Waals surface area contributed by atoms with Gasteiger partial charge in [-0.2, -0.15) is 11.8 Å². The number of nitro benzene ring substituents is 1. The molecule has 1 aromatic rings. The smallest absolute Gasteiger partial charge is 0.269 e. The topological polar surface area (TPSA) is 46.4 Å². The molecule has 0 amide bonds. The molecule has 0 saturated carbocycles. The predicted octanol–water partition coefficient (Wildman–Crippen LogP) is 2.93. The van der Waals surface area contributed by atoms with Crippen LogP contribution in [0.2, 0.25) is 0 Å². The Labute approximate surface area is 105 Å². The highest BCUT2D eigenvalue weighted by atomic mass is 32.2. The molecule has 1 atom stereocenters. The lowest BCUT2D eigenvalue weighted by Crippen LogP contribution is -2.33. The second kappa shape index (κ2) is 5.40. The van der Waals surface area contributed by atoms with Crippen LogP contribution in [0.5, 0.6) is 0 Å². The molecule has 0 aromatic heterocycles. The first kappa shape index (κ1) is 12.2. The number of benzene rings is 1. The zero-order chi connectivity index (χ0) is 12.3. The van der Waals surface area contributed by atoms with Gasteiger partial charge in [-0.15, -0.1) is 0 Å². The monoisotopic (exact) mass is 252 g/mol. The fourth-order valence-electron chi connectivity index (χ4n) is 2.04. The van der Waals surface area contributed by atoms with E-state index >= 15 is 0 Å². The SMILES string of the molecule is CC1CCSCCN1c1ccc([N+](=O)[O-])cc1. The molecule has 1 heterocycles. The Kier molecular flexibility index (Phi) is 3.89. The average molecular weight is 252 g/mol. The van der Waals surface area contributed by atoms with Crippen molar-refractivity contribution in [1.29, 1.82) is 0 Å². The van der Waals surface area contributed by atoms with Crippen LogP contribution in [0.15, 0.2) is 24.3 Å². The maximum Gasteiger partial charge on any atom is 0.269 e. The highest BCUT2D eigenvalue weighted by molar-refractivity contribution is 7.99. The van der Waals surface area contributed by atoms with Crippen LogP contribution in [0.1, 0.15) is 13.3 Å². The van der Waals surface area contributed by atoms with Gasteiger partial charge in [0.2, 0.25) is 0 Å². The van der Waals surface area contributed by atoms with Crippen molar-refractivity contribution in [2.45, 2.75) is 19.4 Å². The van der Waals surface area contributed by atoms with E-state index in [0.29, 0.717) is 6.04 Å². The second-order valence-corrected chi connectivity index (χ2v) is 5.44. The van der Waals surface area contributed by atoms with Crippen LogP contribution in [0.4, 0.5) is 11.4 Å². The van der Waals surface area contributed by atoms with Crippen LogP contribution in [0.3, 0.4) is 0 Å². The number of hydrogen-bond acceptors (Lipinski definition) is 4. The molecule has 1 aliphatic rings. The van der Waals surface area contributed by atoms with Gasteiger partial charge in [0.1, 0.15) is 0 Å². The first-order valence-corrected chi connectivity index (χ1v) is 6.93. The maximum atomic E-state index is 10.6. The van der Waals surface area contributed by atoms with E-state index in [1.807, 2.05) is 23.9 Å². The Hall–Kier alpha value is -1.23. The maximum absolute atomic E-state index is 10.6. The Balaban J connectivity index is 2.17. The van der Waals surface area contributed by atoms with Crippen molar-refractivity contribution >= 4 is 23.1 Å². The summed E-state index contributed by atoms with van der Waals surface area (Å²) in [5.41, 5.74) is 1.25. The van der Waals surface area contributed by atoms with E-state index in [1.54, 1.807) is 12.1 Å².